The van der Waals surface area contributed by atoms with Gasteiger partial charge in [-0.2, -0.15) is 0 Å². The largest absolute Gasteiger partial charge is 0.313 e. The molecule has 2 aliphatic rings. The number of amides is 4. The van der Waals surface area contributed by atoms with Gasteiger partial charge in [0.1, 0.15) is 0 Å². The Balaban J connectivity index is 0.971. The molecule has 0 saturated carbocycles. The fourth-order valence-corrected chi connectivity index (χ4v) is 6.81. The van der Waals surface area contributed by atoms with E-state index in [1.807, 2.05) is 43.3 Å². The number of carbonyl (C=O) groups is 4. The molecule has 0 bridgehead atoms. The van der Waals surface area contributed by atoms with E-state index in [1.165, 1.54) is 17.0 Å². The number of imide groups is 2. The molecule has 3 heterocycles. The van der Waals surface area contributed by atoms with Crippen molar-refractivity contribution in [3.8, 4) is 11.3 Å². The maximum absolute atomic E-state index is 13.8. The van der Waals surface area contributed by atoms with Crippen molar-refractivity contribution in [2.75, 3.05) is 26.2 Å². The summed E-state index contributed by atoms with van der Waals surface area (Å²) in [5.74, 6) is -1.71. The second-order valence-electron chi connectivity index (χ2n) is 12.4. The Kier molecular flexibility index (Phi) is 8.18. The van der Waals surface area contributed by atoms with Gasteiger partial charge in [0.25, 0.3) is 29.3 Å². The minimum atomic E-state index is -0.570. The van der Waals surface area contributed by atoms with E-state index in [0.29, 0.717) is 52.5 Å². The standard InChI is InChI=1S/C37H32N6O6/c1-21(41-34(44)27-9-5-7-23-15-25(31-11-3-4-12-40-31)17-29(32(23)27)36(41)46)19-38-13-14-39-20-22(2)42-35(45)28-10-6-8-24-16-26(43(48)49)18-30(33(24)28)37(42)47/h3-12,15-18,21-22,38-39H,13-14,19-20H2,1-2H3. The molecular formula is C37H32N6O6. The molecule has 12 nitrogen and oxygen atoms in total. The number of nitrogens with zero attached hydrogens (tertiary/aromatic N) is 4. The van der Waals surface area contributed by atoms with Gasteiger partial charge < -0.3 is 10.6 Å². The van der Waals surface area contributed by atoms with Gasteiger partial charge in [-0.05, 0) is 61.0 Å². The Morgan fingerprint density at radius 1 is 0.673 bits per heavy atom. The molecule has 246 valence electrons. The average molecular weight is 657 g/mol. The van der Waals surface area contributed by atoms with Gasteiger partial charge in [0, 0.05) is 89.6 Å². The topological polar surface area (TPSA) is 155 Å². The van der Waals surface area contributed by atoms with Crippen LogP contribution in [0.5, 0.6) is 0 Å². The van der Waals surface area contributed by atoms with E-state index in [0.717, 1.165) is 21.5 Å². The van der Waals surface area contributed by atoms with E-state index < -0.39 is 28.8 Å². The molecule has 12 heteroatoms. The van der Waals surface area contributed by atoms with Gasteiger partial charge in [-0.15, -0.1) is 0 Å². The lowest BCUT2D eigenvalue weighted by atomic mass is 9.90. The highest BCUT2D eigenvalue weighted by Gasteiger charge is 2.38. The zero-order chi connectivity index (χ0) is 34.4. The molecule has 2 N–H and O–H groups in total. The zero-order valence-corrected chi connectivity index (χ0v) is 26.8. The van der Waals surface area contributed by atoms with Gasteiger partial charge in [-0.3, -0.25) is 44.1 Å². The highest BCUT2D eigenvalue weighted by atomic mass is 16.6. The molecule has 4 amide bonds. The van der Waals surface area contributed by atoms with Crippen LogP contribution in [0.2, 0.25) is 0 Å². The third kappa shape index (κ3) is 5.50. The van der Waals surface area contributed by atoms with Crippen LogP contribution in [0, 0.1) is 10.1 Å². The third-order valence-corrected chi connectivity index (χ3v) is 9.15. The van der Waals surface area contributed by atoms with Gasteiger partial charge >= 0.3 is 0 Å². The fourth-order valence-electron chi connectivity index (χ4n) is 6.81. The Morgan fingerprint density at radius 2 is 1.20 bits per heavy atom. The van der Waals surface area contributed by atoms with E-state index >= 15 is 0 Å². The van der Waals surface area contributed by atoms with E-state index in [2.05, 4.69) is 15.6 Å². The molecule has 0 aliphatic carbocycles. The number of nitro benzene ring substituents is 1. The van der Waals surface area contributed by atoms with Crippen molar-refractivity contribution >= 4 is 50.9 Å². The fraction of sp³-hybridized carbons (Fsp3) is 0.216. The lowest BCUT2D eigenvalue weighted by molar-refractivity contribution is -0.384. The second kappa shape index (κ2) is 12.6. The first kappa shape index (κ1) is 31.7. The smallest absolute Gasteiger partial charge is 0.270 e. The van der Waals surface area contributed by atoms with E-state index in [-0.39, 0.29) is 29.6 Å². The van der Waals surface area contributed by atoms with Crippen molar-refractivity contribution in [3.63, 3.8) is 0 Å². The summed E-state index contributed by atoms with van der Waals surface area (Å²) in [6.07, 6.45) is 1.70. The molecule has 0 spiro atoms. The summed E-state index contributed by atoms with van der Waals surface area (Å²) >= 11 is 0. The minimum Gasteiger partial charge on any atom is -0.313 e. The van der Waals surface area contributed by atoms with Crippen LogP contribution in [-0.2, 0) is 0 Å². The number of non-ortho nitro benzene ring substituents is 1. The summed E-state index contributed by atoms with van der Waals surface area (Å²) in [6.45, 7) is 5.16. The number of rotatable bonds is 11. The third-order valence-electron chi connectivity index (χ3n) is 9.15. The number of carbonyl (C=O) groups excluding carboxylic acids is 4. The summed E-state index contributed by atoms with van der Waals surface area (Å²) in [7, 11) is 0. The predicted octanol–water partition coefficient (Wildman–Crippen LogP) is 4.81. The molecule has 1 aromatic heterocycles. The molecule has 0 saturated heterocycles. The number of pyridine rings is 1. The second-order valence-corrected chi connectivity index (χ2v) is 12.4. The van der Waals surface area contributed by atoms with Crippen LogP contribution in [-0.4, -0.2) is 81.6 Å². The van der Waals surface area contributed by atoms with Crippen LogP contribution in [0.15, 0.2) is 85.1 Å². The Labute approximate surface area is 280 Å². The summed E-state index contributed by atoms with van der Waals surface area (Å²) < 4.78 is 0. The molecule has 0 fully saturated rings. The van der Waals surface area contributed by atoms with E-state index in [9.17, 15) is 29.3 Å². The Bertz CT molecular complexity index is 2200. The predicted molar refractivity (Wildman–Crippen MR) is 183 cm³/mol. The van der Waals surface area contributed by atoms with Gasteiger partial charge in [-0.25, -0.2) is 0 Å². The molecule has 2 atom stereocenters. The maximum atomic E-state index is 13.8. The van der Waals surface area contributed by atoms with E-state index in [4.69, 9.17) is 0 Å². The van der Waals surface area contributed by atoms with Gasteiger partial charge in [0.05, 0.1) is 16.2 Å². The normalized spacial score (nSPS) is 15.3. The highest BCUT2D eigenvalue weighted by Crippen LogP contribution is 2.36. The van der Waals surface area contributed by atoms with Gasteiger partial charge in [0.2, 0.25) is 0 Å². The zero-order valence-electron chi connectivity index (χ0n) is 26.8. The lowest BCUT2D eigenvalue weighted by Crippen LogP contribution is -2.51. The monoisotopic (exact) mass is 656 g/mol. The van der Waals surface area contributed by atoms with Gasteiger partial charge in [0.15, 0.2) is 0 Å². The van der Waals surface area contributed by atoms with Crippen molar-refractivity contribution in [1.82, 2.24) is 25.4 Å². The van der Waals surface area contributed by atoms with Crippen LogP contribution >= 0.6 is 0 Å². The van der Waals surface area contributed by atoms with Crippen LogP contribution in [0.4, 0.5) is 5.69 Å². The van der Waals surface area contributed by atoms with Gasteiger partial charge in [-0.1, -0.05) is 30.3 Å². The molecule has 0 radical (unpaired) electrons. The molecule has 49 heavy (non-hydrogen) atoms. The summed E-state index contributed by atoms with van der Waals surface area (Å²) in [5.41, 5.74) is 2.73. The summed E-state index contributed by atoms with van der Waals surface area (Å²) in [6, 6.07) is 21.3. The molecule has 5 aromatic rings. The Morgan fingerprint density at radius 3 is 1.73 bits per heavy atom. The first-order chi connectivity index (χ1) is 23.7. The van der Waals surface area contributed by atoms with Crippen molar-refractivity contribution in [3.05, 3.63) is 117 Å². The van der Waals surface area contributed by atoms with Crippen molar-refractivity contribution in [2.24, 2.45) is 0 Å². The van der Waals surface area contributed by atoms with Crippen LogP contribution < -0.4 is 10.6 Å². The molecule has 7 rings (SSSR count). The SMILES string of the molecule is CC(CNCCNCC(C)N1C(=O)c2cccc3cc([N+](=O)[O-])cc(c23)C1=O)N1C(=O)c2cccc3cc(-c4ccccn4)cc(c23)C1=O. The first-order valence-corrected chi connectivity index (χ1v) is 16.0. The lowest BCUT2D eigenvalue weighted by Gasteiger charge is -2.32. The Hall–Kier alpha value is -5.85. The van der Waals surface area contributed by atoms with Crippen molar-refractivity contribution in [1.29, 1.82) is 0 Å². The number of hydrogen-bond acceptors (Lipinski definition) is 9. The summed E-state index contributed by atoms with van der Waals surface area (Å²) in [4.78, 5) is 72.0. The molecule has 2 unspecified atom stereocenters. The van der Waals surface area contributed by atoms with E-state index in [1.54, 1.807) is 43.5 Å². The number of benzene rings is 4. The summed E-state index contributed by atoms with van der Waals surface area (Å²) in [5, 5.41) is 20.4. The highest BCUT2D eigenvalue weighted by molar-refractivity contribution is 6.27. The average Bonchev–Trinajstić information content (AvgIpc) is 3.10. The number of nitrogens with one attached hydrogen (secondary N) is 2. The maximum Gasteiger partial charge on any atom is 0.270 e. The number of nitro groups is 1. The molecular weight excluding hydrogens is 624 g/mol. The molecule has 4 aromatic carbocycles. The number of aromatic nitrogens is 1. The van der Waals surface area contributed by atoms with Crippen molar-refractivity contribution in [2.45, 2.75) is 25.9 Å². The molecule has 2 aliphatic heterocycles. The number of hydrogen-bond donors (Lipinski definition) is 2. The first-order valence-electron chi connectivity index (χ1n) is 16.0. The quantitative estimate of drug-likeness (QED) is 0.0882. The van der Waals surface area contributed by atoms with Crippen molar-refractivity contribution < 1.29 is 24.1 Å². The van der Waals surface area contributed by atoms with Crippen LogP contribution in [0.1, 0.15) is 55.3 Å². The van der Waals surface area contributed by atoms with Crippen LogP contribution in [0.25, 0.3) is 32.8 Å². The minimum absolute atomic E-state index is 0.135. The van der Waals surface area contributed by atoms with Crippen LogP contribution in [0.3, 0.4) is 0 Å².